The van der Waals surface area contributed by atoms with Crippen molar-refractivity contribution in [3.63, 3.8) is 0 Å². The second-order valence-corrected chi connectivity index (χ2v) is 4.76. The molecule has 0 saturated carbocycles. The number of benzene rings is 1. The highest BCUT2D eigenvalue weighted by molar-refractivity contribution is 5.89. The predicted octanol–water partition coefficient (Wildman–Crippen LogP) is 2.47. The van der Waals surface area contributed by atoms with Gasteiger partial charge in [-0.2, -0.15) is 0 Å². The van der Waals surface area contributed by atoms with E-state index in [1.165, 1.54) is 0 Å². The van der Waals surface area contributed by atoms with Crippen molar-refractivity contribution < 1.29 is 9.53 Å². The van der Waals surface area contributed by atoms with Crippen molar-refractivity contribution >= 4 is 11.7 Å². The van der Waals surface area contributed by atoms with E-state index in [1.54, 1.807) is 24.3 Å². The van der Waals surface area contributed by atoms with Crippen molar-refractivity contribution in [3.8, 4) is 0 Å². The number of hydrogen-bond acceptors (Lipinski definition) is 3. The van der Waals surface area contributed by atoms with E-state index in [0.29, 0.717) is 17.9 Å². The fourth-order valence-corrected chi connectivity index (χ4v) is 0.985. The highest BCUT2D eigenvalue weighted by atomic mass is 16.5. The fraction of sp³-hybridized carbons (Fsp3) is 0.417. The molecule has 0 aliphatic heterocycles. The van der Waals surface area contributed by atoms with Gasteiger partial charge in [-0.05, 0) is 29.7 Å². The van der Waals surface area contributed by atoms with Crippen LogP contribution in [0.2, 0.25) is 0 Å². The largest absolute Gasteiger partial charge is 0.462 e. The maximum absolute atomic E-state index is 11.5. The van der Waals surface area contributed by atoms with Crippen LogP contribution in [0.1, 0.15) is 31.1 Å². The van der Waals surface area contributed by atoms with Gasteiger partial charge in [0.15, 0.2) is 0 Å². The van der Waals surface area contributed by atoms with Gasteiger partial charge < -0.3 is 10.5 Å². The number of rotatable bonds is 2. The van der Waals surface area contributed by atoms with Crippen LogP contribution in [0.25, 0.3) is 0 Å². The minimum Gasteiger partial charge on any atom is -0.462 e. The first-order valence-electron chi connectivity index (χ1n) is 4.91. The summed E-state index contributed by atoms with van der Waals surface area (Å²) in [6.07, 6.45) is 0. The molecule has 0 aliphatic rings. The molecule has 0 heterocycles. The molecule has 0 aromatic heterocycles. The van der Waals surface area contributed by atoms with Gasteiger partial charge in [0.2, 0.25) is 0 Å². The van der Waals surface area contributed by atoms with Gasteiger partial charge in [0.25, 0.3) is 0 Å². The molecule has 0 saturated heterocycles. The monoisotopic (exact) mass is 207 g/mol. The Morgan fingerprint density at radius 3 is 2.27 bits per heavy atom. The van der Waals surface area contributed by atoms with Gasteiger partial charge >= 0.3 is 5.97 Å². The Balaban J connectivity index is 2.58. The highest BCUT2D eigenvalue weighted by Crippen LogP contribution is 2.14. The summed E-state index contributed by atoms with van der Waals surface area (Å²) in [5.74, 6) is -0.301. The first-order valence-corrected chi connectivity index (χ1v) is 4.91. The quantitative estimate of drug-likeness (QED) is 0.598. The number of hydrogen-bond donors (Lipinski definition) is 1. The van der Waals surface area contributed by atoms with Crippen molar-refractivity contribution in [2.24, 2.45) is 5.41 Å². The van der Waals surface area contributed by atoms with Gasteiger partial charge in [-0.1, -0.05) is 20.8 Å². The lowest BCUT2D eigenvalue weighted by atomic mass is 9.99. The van der Waals surface area contributed by atoms with Crippen LogP contribution in [0.3, 0.4) is 0 Å². The normalized spacial score (nSPS) is 11.1. The topological polar surface area (TPSA) is 52.3 Å². The van der Waals surface area contributed by atoms with E-state index in [-0.39, 0.29) is 11.4 Å². The zero-order valence-corrected chi connectivity index (χ0v) is 9.41. The molecule has 0 amide bonds. The van der Waals surface area contributed by atoms with Crippen LogP contribution in [0.4, 0.5) is 5.69 Å². The molecule has 0 radical (unpaired) electrons. The molecule has 1 rings (SSSR count). The maximum atomic E-state index is 11.5. The Morgan fingerprint density at radius 1 is 1.27 bits per heavy atom. The molecule has 0 aliphatic carbocycles. The van der Waals surface area contributed by atoms with Crippen LogP contribution in [-0.4, -0.2) is 12.6 Å². The third-order valence-electron chi connectivity index (χ3n) is 1.78. The standard InChI is InChI=1S/C12H17NO2/c1-12(2,3)8-15-11(14)9-4-6-10(13)7-5-9/h4-7H,8,13H2,1-3H3. The van der Waals surface area contributed by atoms with Crippen molar-refractivity contribution in [3.05, 3.63) is 29.8 Å². The Labute approximate surface area is 90.2 Å². The SMILES string of the molecule is CC(C)(C)COC(=O)c1ccc(N)cc1. The molecule has 3 nitrogen and oxygen atoms in total. The van der Waals surface area contributed by atoms with E-state index in [9.17, 15) is 4.79 Å². The second-order valence-electron chi connectivity index (χ2n) is 4.76. The summed E-state index contributed by atoms with van der Waals surface area (Å²) in [5.41, 5.74) is 6.68. The average Bonchev–Trinajstić information content (AvgIpc) is 2.14. The van der Waals surface area contributed by atoms with Gasteiger partial charge in [0.05, 0.1) is 12.2 Å². The number of nitrogen functional groups attached to an aromatic ring is 1. The third kappa shape index (κ3) is 4.02. The minimum atomic E-state index is -0.301. The van der Waals surface area contributed by atoms with Crippen molar-refractivity contribution in [2.45, 2.75) is 20.8 Å². The fourth-order valence-electron chi connectivity index (χ4n) is 0.985. The maximum Gasteiger partial charge on any atom is 0.338 e. The minimum absolute atomic E-state index is 0.0104. The predicted molar refractivity (Wildman–Crippen MR) is 60.6 cm³/mol. The van der Waals surface area contributed by atoms with E-state index in [1.807, 2.05) is 20.8 Å². The molecule has 0 bridgehead atoms. The number of anilines is 1. The Kier molecular flexibility index (Phi) is 3.35. The number of carbonyl (C=O) groups is 1. The summed E-state index contributed by atoms with van der Waals surface area (Å²) < 4.78 is 5.15. The number of ether oxygens (including phenoxy) is 1. The number of carbonyl (C=O) groups excluding carboxylic acids is 1. The summed E-state index contributed by atoms with van der Waals surface area (Å²) in [4.78, 5) is 11.5. The lowest BCUT2D eigenvalue weighted by molar-refractivity contribution is 0.0367. The van der Waals surface area contributed by atoms with Crippen LogP contribution < -0.4 is 5.73 Å². The van der Waals surface area contributed by atoms with Gasteiger partial charge in [-0.3, -0.25) is 0 Å². The smallest absolute Gasteiger partial charge is 0.338 e. The van der Waals surface area contributed by atoms with Gasteiger partial charge in [0, 0.05) is 5.69 Å². The molecule has 0 unspecified atom stereocenters. The third-order valence-corrected chi connectivity index (χ3v) is 1.78. The molecule has 15 heavy (non-hydrogen) atoms. The summed E-state index contributed by atoms with van der Waals surface area (Å²) >= 11 is 0. The zero-order chi connectivity index (χ0) is 11.5. The molecular weight excluding hydrogens is 190 g/mol. The molecule has 2 N–H and O–H groups in total. The molecule has 82 valence electrons. The molecule has 3 heteroatoms. The first kappa shape index (κ1) is 11.6. The molecule has 0 atom stereocenters. The second kappa shape index (κ2) is 4.34. The summed E-state index contributed by atoms with van der Waals surface area (Å²) in [6, 6.07) is 6.71. The van der Waals surface area contributed by atoms with Gasteiger partial charge in [0.1, 0.15) is 0 Å². The molecule has 1 aromatic carbocycles. The van der Waals surface area contributed by atoms with Crippen LogP contribution >= 0.6 is 0 Å². The summed E-state index contributed by atoms with van der Waals surface area (Å²) in [6.45, 7) is 6.46. The van der Waals surface area contributed by atoms with Crippen molar-refractivity contribution in [1.29, 1.82) is 0 Å². The van der Waals surface area contributed by atoms with Crippen LogP contribution in [0, 0.1) is 5.41 Å². The van der Waals surface area contributed by atoms with E-state index < -0.39 is 0 Å². The van der Waals surface area contributed by atoms with Gasteiger partial charge in [-0.15, -0.1) is 0 Å². The number of esters is 1. The van der Waals surface area contributed by atoms with E-state index in [2.05, 4.69) is 0 Å². The van der Waals surface area contributed by atoms with E-state index >= 15 is 0 Å². The van der Waals surface area contributed by atoms with E-state index in [0.717, 1.165) is 0 Å². The summed E-state index contributed by atoms with van der Waals surface area (Å²) in [7, 11) is 0. The zero-order valence-electron chi connectivity index (χ0n) is 9.41. The summed E-state index contributed by atoms with van der Waals surface area (Å²) in [5, 5.41) is 0. The molecule has 1 aromatic rings. The van der Waals surface area contributed by atoms with Crippen LogP contribution in [-0.2, 0) is 4.74 Å². The van der Waals surface area contributed by atoms with Crippen molar-refractivity contribution in [1.82, 2.24) is 0 Å². The lowest BCUT2D eigenvalue weighted by Crippen LogP contribution is -2.18. The van der Waals surface area contributed by atoms with Crippen LogP contribution in [0.5, 0.6) is 0 Å². The Bertz CT molecular complexity index is 336. The Morgan fingerprint density at radius 2 is 1.80 bits per heavy atom. The highest BCUT2D eigenvalue weighted by Gasteiger charge is 2.14. The number of nitrogens with two attached hydrogens (primary N) is 1. The lowest BCUT2D eigenvalue weighted by Gasteiger charge is -2.17. The average molecular weight is 207 g/mol. The molecule has 0 fully saturated rings. The van der Waals surface area contributed by atoms with E-state index in [4.69, 9.17) is 10.5 Å². The van der Waals surface area contributed by atoms with Gasteiger partial charge in [-0.25, -0.2) is 4.79 Å². The first-order chi connectivity index (χ1) is 6.88. The van der Waals surface area contributed by atoms with Crippen molar-refractivity contribution in [2.75, 3.05) is 12.3 Å². The molecular formula is C12H17NO2. The van der Waals surface area contributed by atoms with Crippen LogP contribution in [0.15, 0.2) is 24.3 Å². The molecule has 0 spiro atoms. The Hall–Kier alpha value is -1.51.